The zero-order valence-corrected chi connectivity index (χ0v) is 24.4. The number of piperidine rings is 1. The molecule has 2 N–H and O–H groups in total. The highest BCUT2D eigenvalue weighted by Crippen LogP contribution is 2.39. The highest BCUT2D eigenvalue weighted by atomic mass is 19.1. The molecule has 2 fully saturated rings. The maximum Gasteiger partial charge on any atom is 0.341 e. The predicted molar refractivity (Wildman–Crippen MR) is 158 cm³/mol. The number of nitrogens with zero attached hydrogens (tertiary/aromatic N) is 1. The third kappa shape index (κ3) is 7.58. The summed E-state index contributed by atoms with van der Waals surface area (Å²) < 4.78 is 39.8. The molecule has 1 heterocycles. The highest BCUT2D eigenvalue weighted by Gasteiger charge is 2.43. The molecule has 3 unspecified atom stereocenters. The Kier molecular flexibility index (Phi) is 10.0. The molecule has 0 spiro atoms. The molecule has 0 bridgehead atoms. The van der Waals surface area contributed by atoms with Crippen molar-refractivity contribution in [3.8, 4) is 16.9 Å². The van der Waals surface area contributed by atoms with E-state index in [4.69, 9.17) is 4.74 Å². The van der Waals surface area contributed by atoms with E-state index in [0.29, 0.717) is 24.6 Å². The third-order valence-corrected chi connectivity index (χ3v) is 8.46. The Labute approximate surface area is 250 Å². The van der Waals surface area contributed by atoms with Crippen LogP contribution >= 0.6 is 0 Å². The molecule has 1 saturated carbocycles. The minimum absolute atomic E-state index is 0.0136. The number of likely N-dealkylation sites (tertiary alicyclic amines) is 1. The van der Waals surface area contributed by atoms with Gasteiger partial charge in [0.05, 0.1) is 13.7 Å². The van der Waals surface area contributed by atoms with Crippen LogP contribution in [0.1, 0.15) is 53.6 Å². The molecule has 0 radical (unpaired) electrons. The molecule has 43 heavy (non-hydrogen) atoms. The fourth-order valence-electron chi connectivity index (χ4n) is 5.87. The van der Waals surface area contributed by atoms with Crippen LogP contribution in [0.4, 0.5) is 8.78 Å². The third-order valence-electron chi connectivity index (χ3n) is 8.46. The molecule has 3 aromatic carbocycles. The Morgan fingerprint density at radius 2 is 1.86 bits per heavy atom. The van der Waals surface area contributed by atoms with E-state index in [9.17, 15) is 23.5 Å². The summed E-state index contributed by atoms with van der Waals surface area (Å²) in [6.45, 7) is 2.58. The van der Waals surface area contributed by atoms with E-state index >= 15 is 0 Å². The van der Waals surface area contributed by atoms with Crippen LogP contribution in [0.25, 0.3) is 11.1 Å². The van der Waals surface area contributed by atoms with Crippen molar-refractivity contribution < 1.29 is 33.0 Å². The first kappa shape index (κ1) is 30.6. The second-order valence-electron chi connectivity index (χ2n) is 11.4. The lowest BCUT2D eigenvalue weighted by Gasteiger charge is -2.35. The summed E-state index contributed by atoms with van der Waals surface area (Å²) in [6, 6.07) is 16.9. The molecule has 1 aliphatic heterocycles. The van der Waals surface area contributed by atoms with Crippen LogP contribution in [-0.2, 0) is 22.6 Å². The van der Waals surface area contributed by atoms with Crippen molar-refractivity contribution in [1.29, 1.82) is 0 Å². The van der Waals surface area contributed by atoms with Gasteiger partial charge in [-0.15, -0.1) is 0 Å². The standard InChI is InChI=1S/C34H38F2N2O5/c1-42-34(41)32-28(6-4-7-30(32)35)23-10-11-24(31(36)18-23)19-37-33(40)29-17-25(29)21-43-27-12-8-22(9-13-27)20-38-15-3-2-5-26(38)14-16-39/h4,6-13,18,25-26,29,39H,2-3,5,14-17,19-21H2,1H3,(H,37,40). The van der Waals surface area contributed by atoms with Crippen molar-refractivity contribution in [2.45, 2.75) is 51.2 Å². The van der Waals surface area contributed by atoms with Crippen molar-refractivity contribution in [3.05, 3.63) is 89.0 Å². The van der Waals surface area contributed by atoms with Gasteiger partial charge in [0.25, 0.3) is 0 Å². The number of carbonyl (C=O) groups excluding carboxylic acids is 2. The van der Waals surface area contributed by atoms with Gasteiger partial charge in [0.15, 0.2) is 0 Å². The smallest absolute Gasteiger partial charge is 0.341 e. The monoisotopic (exact) mass is 592 g/mol. The van der Waals surface area contributed by atoms with Gasteiger partial charge < -0.3 is 19.9 Å². The average Bonchev–Trinajstić information content (AvgIpc) is 3.80. The molecule has 3 aromatic rings. The molecule has 5 rings (SSSR count). The number of aliphatic hydroxyl groups excluding tert-OH is 1. The first-order chi connectivity index (χ1) is 20.9. The van der Waals surface area contributed by atoms with Crippen LogP contribution in [0.2, 0.25) is 0 Å². The Hall–Kier alpha value is -3.82. The Morgan fingerprint density at radius 1 is 1.05 bits per heavy atom. The first-order valence-electron chi connectivity index (χ1n) is 14.9. The molecule has 9 heteroatoms. The van der Waals surface area contributed by atoms with Crippen molar-refractivity contribution in [2.24, 2.45) is 11.8 Å². The number of hydrogen-bond acceptors (Lipinski definition) is 6. The van der Waals surface area contributed by atoms with E-state index in [1.54, 1.807) is 6.07 Å². The molecule has 228 valence electrons. The van der Waals surface area contributed by atoms with Crippen LogP contribution < -0.4 is 10.1 Å². The second kappa shape index (κ2) is 14.1. The van der Waals surface area contributed by atoms with Crippen LogP contribution in [0.5, 0.6) is 5.75 Å². The Bertz CT molecular complexity index is 1430. The lowest BCUT2D eigenvalue weighted by Crippen LogP contribution is -2.39. The first-order valence-corrected chi connectivity index (χ1v) is 14.9. The lowest BCUT2D eigenvalue weighted by molar-refractivity contribution is -0.122. The normalized spacial score (nSPS) is 20.0. The number of esters is 1. The van der Waals surface area contributed by atoms with Gasteiger partial charge in [-0.3, -0.25) is 9.69 Å². The number of methoxy groups -OCH3 is 1. The largest absolute Gasteiger partial charge is 0.493 e. The molecule has 3 atom stereocenters. The number of nitrogens with one attached hydrogen (secondary N) is 1. The van der Waals surface area contributed by atoms with Gasteiger partial charge in [0.2, 0.25) is 5.91 Å². The van der Waals surface area contributed by atoms with E-state index in [-0.39, 0.29) is 47.6 Å². The number of hydrogen-bond donors (Lipinski definition) is 2. The molecule has 1 amide bonds. The summed E-state index contributed by atoms with van der Waals surface area (Å²) in [7, 11) is 1.16. The molecular weight excluding hydrogens is 554 g/mol. The van der Waals surface area contributed by atoms with Crippen LogP contribution in [0, 0.1) is 23.5 Å². The molecule has 0 aromatic heterocycles. The highest BCUT2D eigenvalue weighted by molar-refractivity contribution is 5.97. The number of halogens is 2. The van der Waals surface area contributed by atoms with Gasteiger partial charge >= 0.3 is 5.97 Å². The maximum atomic E-state index is 14.9. The minimum atomic E-state index is -0.842. The van der Waals surface area contributed by atoms with Gasteiger partial charge in [0.1, 0.15) is 22.9 Å². The fraction of sp³-hybridized carbons (Fsp3) is 0.412. The van der Waals surface area contributed by atoms with Gasteiger partial charge in [-0.05, 0) is 73.2 Å². The van der Waals surface area contributed by atoms with Gasteiger partial charge in [0, 0.05) is 43.1 Å². The summed E-state index contributed by atoms with van der Waals surface area (Å²) >= 11 is 0. The Balaban J connectivity index is 1.08. The van der Waals surface area contributed by atoms with Crippen LogP contribution in [0.15, 0.2) is 60.7 Å². The van der Waals surface area contributed by atoms with Gasteiger partial charge in [-0.25, -0.2) is 13.6 Å². The molecule has 2 aliphatic rings. The van der Waals surface area contributed by atoms with E-state index < -0.39 is 17.6 Å². The fourth-order valence-corrected chi connectivity index (χ4v) is 5.87. The number of rotatable bonds is 12. The van der Waals surface area contributed by atoms with Crippen molar-refractivity contribution in [3.63, 3.8) is 0 Å². The molecular formula is C34H38F2N2O5. The summed E-state index contributed by atoms with van der Waals surface area (Å²) in [5.74, 6) is -1.63. The number of aliphatic hydroxyl groups is 1. The van der Waals surface area contributed by atoms with Crippen molar-refractivity contribution >= 4 is 11.9 Å². The molecule has 1 aliphatic carbocycles. The van der Waals surface area contributed by atoms with Gasteiger partial charge in [-0.1, -0.05) is 42.8 Å². The predicted octanol–water partition coefficient (Wildman–Crippen LogP) is 5.49. The van der Waals surface area contributed by atoms with Crippen LogP contribution in [0.3, 0.4) is 0 Å². The number of ether oxygens (including phenoxy) is 2. The second-order valence-corrected chi connectivity index (χ2v) is 11.4. The minimum Gasteiger partial charge on any atom is -0.493 e. The van der Waals surface area contributed by atoms with E-state index in [1.165, 1.54) is 42.7 Å². The number of amides is 1. The zero-order chi connectivity index (χ0) is 30.3. The zero-order valence-electron chi connectivity index (χ0n) is 24.4. The maximum absolute atomic E-state index is 14.9. The number of carbonyl (C=O) groups is 2. The SMILES string of the molecule is COC(=O)c1c(F)cccc1-c1ccc(CNC(=O)C2CC2COc2ccc(CN3CCCCC3CCO)cc2)c(F)c1. The summed E-state index contributed by atoms with van der Waals surface area (Å²) in [6.07, 6.45) is 5.07. The quantitative estimate of drug-likeness (QED) is 0.271. The summed E-state index contributed by atoms with van der Waals surface area (Å²) in [5.41, 5.74) is 1.80. The topological polar surface area (TPSA) is 88.1 Å². The molecule has 7 nitrogen and oxygen atoms in total. The summed E-state index contributed by atoms with van der Waals surface area (Å²) in [4.78, 5) is 27.2. The number of benzene rings is 3. The molecule has 1 saturated heterocycles. The van der Waals surface area contributed by atoms with E-state index in [0.717, 1.165) is 44.9 Å². The average molecular weight is 593 g/mol. The summed E-state index contributed by atoms with van der Waals surface area (Å²) in [5, 5.41) is 12.2. The van der Waals surface area contributed by atoms with Crippen molar-refractivity contribution in [1.82, 2.24) is 10.2 Å². The Morgan fingerprint density at radius 3 is 2.60 bits per heavy atom. The van der Waals surface area contributed by atoms with Gasteiger partial charge in [-0.2, -0.15) is 0 Å². The van der Waals surface area contributed by atoms with Crippen LogP contribution in [-0.4, -0.2) is 54.8 Å². The van der Waals surface area contributed by atoms with E-state index in [1.807, 2.05) is 12.1 Å². The van der Waals surface area contributed by atoms with E-state index in [2.05, 4.69) is 27.1 Å². The lowest BCUT2D eigenvalue weighted by atomic mass is 9.98. The van der Waals surface area contributed by atoms with Crippen molar-refractivity contribution in [2.75, 3.05) is 26.9 Å².